The third-order valence-corrected chi connectivity index (χ3v) is 12.2. The maximum Gasteiger partial charge on any atom is 0.0771 e. The quantitative estimate of drug-likeness (QED) is 0.420. The summed E-state index contributed by atoms with van der Waals surface area (Å²) in [4.78, 5) is 0. The molecule has 9 atom stereocenters. The molecule has 3 N–H and O–H groups in total. The van der Waals surface area contributed by atoms with Crippen molar-refractivity contribution >= 4 is 0 Å². The van der Waals surface area contributed by atoms with Crippen LogP contribution in [0, 0.1) is 45.3 Å². The molecule has 4 saturated carbocycles. The second-order valence-corrected chi connectivity index (χ2v) is 14.8. The monoisotopic (exact) mass is 460 g/mol. The molecule has 0 saturated heterocycles. The highest BCUT2D eigenvalue weighted by atomic mass is 16.3. The van der Waals surface area contributed by atoms with Crippen LogP contribution in [-0.2, 0) is 0 Å². The van der Waals surface area contributed by atoms with E-state index in [2.05, 4.69) is 34.6 Å². The molecule has 3 heteroatoms. The highest BCUT2D eigenvalue weighted by molar-refractivity contribution is 5.18. The Hall–Kier alpha value is -0.380. The number of hydrogen-bond donors (Lipinski definition) is 3. The summed E-state index contributed by atoms with van der Waals surface area (Å²) < 4.78 is 0. The summed E-state index contributed by atoms with van der Waals surface area (Å²) in [5, 5.41) is 32.5. The molecule has 0 aliphatic heterocycles. The average Bonchev–Trinajstić information content (AvgIpc) is 3.03. The van der Waals surface area contributed by atoms with Crippen molar-refractivity contribution < 1.29 is 15.3 Å². The average molecular weight is 461 g/mol. The molecule has 0 spiro atoms. The van der Waals surface area contributed by atoms with Gasteiger partial charge >= 0.3 is 0 Å². The van der Waals surface area contributed by atoms with Gasteiger partial charge in [-0.05, 0) is 124 Å². The summed E-state index contributed by atoms with van der Waals surface area (Å²) in [7, 11) is 0. The van der Waals surface area contributed by atoms with Crippen molar-refractivity contribution in [1.29, 1.82) is 0 Å². The molecular weight excluding hydrogens is 408 g/mol. The predicted octanol–water partition coefficient (Wildman–Crippen LogP) is 6.50. The van der Waals surface area contributed by atoms with Crippen molar-refractivity contribution in [1.82, 2.24) is 0 Å². The minimum absolute atomic E-state index is 0.000777. The third-order valence-electron chi connectivity index (χ3n) is 12.2. The van der Waals surface area contributed by atoms with E-state index in [1.165, 1.54) is 32.1 Å². The summed E-state index contributed by atoms with van der Waals surface area (Å²) in [6.45, 7) is 18.0. The van der Waals surface area contributed by atoms with Crippen molar-refractivity contribution in [2.45, 2.75) is 130 Å². The molecule has 4 aliphatic rings. The lowest BCUT2D eigenvalue weighted by Crippen LogP contribution is -2.64. The molecule has 4 fully saturated rings. The summed E-state index contributed by atoms with van der Waals surface area (Å²) >= 11 is 0. The maximum atomic E-state index is 11.6. The van der Waals surface area contributed by atoms with E-state index in [0.717, 1.165) is 19.3 Å². The van der Waals surface area contributed by atoms with Gasteiger partial charge in [-0.25, -0.2) is 0 Å². The van der Waals surface area contributed by atoms with E-state index in [4.69, 9.17) is 0 Å². The van der Waals surface area contributed by atoms with E-state index >= 15 is 0 Å². The van der Waals surface area contributed by atoms with Crippen molar-refractivity contribution in [3.8, 4) is 0 Å². The number of aliphatic hydroxyl groups excluding tert-OH is 1. The van der Waals surface area contributed by atoms with Crippen LogP contribution in [0.4, 0.5) is 0 Å². The normalized spacial score (nSPS) is 49.2. The Labute approximate surface area is 203 Å². The first-order valence-corrected chi connectivity index (χ1v) is 13.8. The Balaban J connectivity index is 1.61. The fourth-order valence-electron chi connectivity index (χ4n) is 10.2. The molecule has 4 rings (SSSR count). The molecule has 3 nitrogen and oxygen atoms in total. The fraction of sp³-hybridized carbons (Fsp3) is 0.933. The van der Waals surface area contributed by atoms with Gasteiger partial charge in [-0.3, -0.25) is 0 Å². The van der Waals surface area contributed by atoms with Gasteiger partial charge in [0, 0.05) is 0 Å². The first kappa shape index (κ1) is 25.7. The van der Waals surface area contributed by atoms with Crippen molar-refractivity contribution in [2.24, 2.45) is 45.3 Å². The van der Waals surface area contributed by atoms with Crippen LogP contribution in [0.5, 0.6) is 0 Å². The highest BCUT2D eigenvalue weighted by Crippen LogP contribution is 2.75. The third kappa shape index (κ3) is 3.78. The number of rotatable bonds is 4. The van der Waals surface area contributed by atoms with Gasteiger partial charge in [-0.2, -0.15) is 0 Å². The van der Waals surface area contributed by atoms with Gasteiger partial charge in [0.25, 0.3) is 0 Å². The van der Waals surface area contributed by atoms with E-state index in [9.17, 15) is 15.3 Å². The Morgan fingerprint density at radius 2 is 1.42 bits per heavy atom. The Kier molecular flexibility index (Phi) is 6.08. The van der Waals surface area contributed by atoms with Crippen LogP contribution in [0.25, 0.3) is 0 Å². The largest absolute Gasteiger partial charge is 0.393 e. The topological polar surface area (TPSA) is 60.7 Å². The van der Waals surface area contributed by atoms with Gasteiger partial charge in [-0.1, -0.05) is 46.8 Å². The minimum Gasteiger partial charge on any atom is -0.393 e. The van der Waals surface area contributed by atoms with Crippen LogP contribution in [0.2, 0.25) is 0 Å². The van der Waals surface area contributed by atoms with Gasteiger partial charge in [-0.15, -0.1) is 0 Å². The summed E-state index contributed by atoms with van der Waals surface area (Å²) in [5.41, 5.74) is -0.695. The first-order chi connectivity index (χ1) is 15.0. The molecule has 0 aromatic carbocycles. The van der Waals surface area contributed by atoms with E-state index < -0.39 is 11.2 Å². The summed E-state index contributed by atoms with van der Waals surface area (Å²) in [5.74, 6) is 2.18. The molecule has 0 amide bonds. The zero-order chi connectivity index (χ0) is 24.7. The number of fused-ring (bicyclic) bond motifs is 5. The van der Waals surface area contributed by atoms with Crippen LogP contribution in [0.15, 0.2) is 12.2 Å². The SMILES string of the molecule is CC(C)(O)/C=C/C[C@](C)(O)[C@H]1CC[C@]2(C)[C@@H]1CC[C@@H]1[C@@]3(C)CC[C@H](O)C(C)(C)[C@H]3CC[C@]12C. The van der Waals surface area contributed by atoms with Crippen LogP contribution in [-0.4, -0.2) is 32.6 Å². The molecule has 0 heterocycles. The van der Waals surface area contributed by atoms with E-state index in [1.807, 2.05) is 19.1 Å². The second kappa shape index (κ2) is 7.81. The minimum atomic E-state index is -0.832. The van der Waals surface area contributed by atoms with Gasteiger partial charge in [0.05, 0.1) is 17.3 Å². The lowest BCUT2D eigenvalue weighted by molar-refractivity contribution is -0.224. The highest BCUT2D eigenvalue weighted by Gasteiger charge is 2.69. The van der Waals surface area contributed by atoms with Crippen molar-refractivity contribution in [2.75, 3.05) is 0 Å². The smallest absolute Gasteiger partial charge is 0.0771 e. The van der Waals surface area contributed by atoms with Crippen molar-refractivity contribution in [3.05, 3.63) is 12.2 Å². The van der Waals surface area contributed by atoms with Gasteiger partial charge in [0.2, 0.25) is 0 Å². The lowest BCUT2D eigenvalue weighted by Gasteiger charge is -2.70. The molecule has 0 unspecified atom stereocenters. The van der Waals surface area contributed by atoms with Crippen LogP contribution < -0.4 is 0 Å². The molecule has 0 aromatic heterocycles. The molecule has 190 valence electrons. The second-order valence-electron chi connectivity index (χ2n) is 14.8. The molecule has 0 bridgehead atoms. The molecule has 4 aliphatic carbocycles. The summed E-state index contributed by atoms with van der Waals surface area (Å²) in [6, 6.07) is 0. The summed E-state index contributed by atoms with van der Waals surface area (Å²) in [6.07, 6.45) is 13.7. The van der Waals surface area contributed by atoms with Gasteiger partial charge in [0.1, 0.15) is 0 Å². The van der Waals surface area contributed by atoms with E-state index in [0.29, 0.717) is 40.9 Å². The van der Waals surface area contributed by atoms with Crippen LogP contribution in [0.3, 0.4) is 0 Å². The van der Waals surface area contributed by atoms with Crippen LogP contribution >= 0.6 is 0 Å². The van der Waals surface area contributed by atoms with Crippen LogP contribution in [0.1, 0.15) is 113 Å². The van der Waals surface area contributed by atoms with E-state index in [1.54, 1.807) is 13.8 Å². The molecule has 0 radical (unpaired) electrons. The Bertz CT molecular complexity index is 776. The number of hydrogen-bond acceptors (Lipinski definition) is 3. The van der Waals surface area contributed by atoms with Gasteiger partial charge in [0.15, 0.2) is 0 Å². The van der Waals surface area contributed by atoms with E-state index in [-0.39, 0.29) is 16.9 Å². The number of aliphatic hydroxyl groups is 3. The maximum absolute atomic E-state index is 11.6. The molecular formula is C30H52O3. The zero-order valence-corrected chi connectivity index (χ0v) is 22.7. The lowest BCUT2D eigenvalue weighted by atomic mass is 9.35. The fourth-order valence-corrected chi connectivity index (χ4v) is 10.2. The molecule has 33 heavy (non-hydrogen) atoms. The molecule has 0 aromatic rings. The Morgan fingerprint density at radius 1 is 0.788 bits per heavy atom. The predicted molar refractivity (Wildman–Crippen MR) is 136 cm³/mol. The van der Waals surface area contributed by atoms with Gasteiger partial charge < -0.3 is 15.3 Å². The Morgan fingerprint density at radius 3 is 2.06 bits per heavy atom. The zero-order valence-electron chi connectivity index (χ0n) is 22.7. The standard InChI is InChI=1S/C30H52O3/c1-25(2,32)15-9-16-30(8,33)21-12-18-28(6)20(21)10-11-23-27(5)17-14-24(31)26(3,4)22(27)13-19-29(23,28)7/h9,15,20-24,31-33H,10-14,16-19H2,1-8H3/b15-9+/t20-,21+,22-,23-,24+,27+,28-,29-,30+/m1/s1. The van der Waals surface area contributed by atoms with Crippen molar-refractivity contribution in [3.63, 3.8) is 0 Å². The first-order valence-electron chi connectivity index (χ1n) is 13.8.